The van der Waals surface area contributed by atoms with Crippen LogP contribution in [-0.4, -0.2) is 60.9 Å². The van der Waals surface area contributed by atoms with E-state index in [2.05, 4.69) is 35.9 Å². The molecule has 2 aliphatic carbocycles. The summed E-state index contributed by atoms with van der Waals surface area (Å²) in [7, 11) is 1.64. The lowest BCUT2D eigenvalue weighted by molar-refractivity contribution is -0.123. The molecule has 6 heterocycles. The number of imidazole rings is 1. The summed E-state index contributed by atoms with van der Waals surface area (Å²) in [5.41, 5.74) is 12.2. The van der Waals surface area contributed by atoms with Crippen LogP contribution >= 0.6 is 0 Å². The van der Waals surface area contributed by atoms with Gasteiger partial charge in [0.2, 0.25) is 5.91 Å². The molecule has 4 fully saturated rings. The molecule has 236 valence electrons. The molecule has 0 aromatic carbocycles. The van der Waals surface area contributed by atoms with Crippen molar-refractivity contribution < 1.29 is 14.3 Å². The predicted octanol–water partition coefficient (Wildman–Crippen LogP) is 5.01. The molecule has 8 rings (SSSR count). The van der Waals surface area contributed by atoms with Crippen molar-refractivity contribution in [1.29, 1.82) is 0 Å². The number of carbonyl (C=O) groups is 2. The monoisotopic (exact) mass is 609 g/mol. The summed E-state index contributed by atoms with van der Waals surface area (Å²) in [6.45, 7) is 9.20. The number of methoxy groups -OCH3 is 1. The summed E-state index contributed by atoms with van der Waals surface area (Å²) < 4.78 is 10.1. The van der Waals surface area contributed by atoms with E-state index in [1.165, 1.54) is 12.8 Å². The van der Waals surface area contributed by atoms with Crippen LogP contribution < -0.4 is 15.8 Å². The SMILES string of the molecule is COc1cc(C(=O)N2[C@H]3CC[C@@H]2[C@H](N)C3)cc2nc(-c3cc4ccc([C@@H](C)NC(=O)C5CC5(C)C)nc4n3CC3CC3)c(C)n12. The molecular weight excluding hydrogens is 566 g/mol. The Morgan fingerprint density at radius 3 is 2.56 bits per heavy atom. The first-order valence-electron chi connectivity index (χ1n) is 16.5. The number of carbonyl (C=O) groups excluding carboxylic acids is 2. The quantitative estimate of drug-likeness (QED) is 0.290. The van der Waals surface area contributed by atoms with Crippen molar-refractivity contribution in [3.63, 3.8) is 0 Å². The molecule has 10 nitrogen and oxygen atoms in total. The number of aryl methyl sites for hydroxylation is 1. The van der Waals surface area contributed by atoms with Crippen LogP contribution in [0.5, 0.6) is 5.88 Å². The van der Waals surface area contributed by atoms with Gasteiger partial charge in [-0.05, 0) is 88.0 Å². The maximum atomic E-state index is 13.8. The molecular formula is C35H43N7O3. The van der Waals surface area contributed by atoms with Crippen LogP contribution in [0.4, 0.5) is 0 Å². The van der Waals surface area contributed by atoms with Crippen LogP contribution in [0.3, 0.4) is 0 Å². The number of nitrogens with one attached hydrogen (secondary N) is 1. The van der Waals surface area contributed by atoms with Crippen LogP contribution in [0.15, 0.2) is 30.3 Å². The standard InChI is InChI=1S/C35H43N7O3/c1-18(37-33(43)24-16-35(24,3)4)26-10-8-21-12-28(40(32(21)38-26)17-20-6-7-20)31-19(2)41-29(39-31)13-22(14-30(41)45-5)34(44)42-23-9-11-27(42)25(36)15-23/h8,10,12-14,18,20,23-25,27H,6-7,9,11,15-17,36H2,1-5H3,(H,37,43)/t18-,23+,24?,25-,27-/m1/s1. The van der Waals surface area contributed by atoms with E-state index in [9.17, 15) is 9.59 Å². The molecule has 0 radical (unpaired) electrons. The summed E-state index contributed by atoms with van der Waals surface area (Å²) in [5.74, 6) is 1.37. The van der Waals surface area contributed by atoms with E-state index < -0.39 is 0 Å². The highest BCUT2D eigenvalue weighted by atomic mass is 16.5. The molecule has 3 N–H and O–H groups in total. The van der Waals surface area contributed by atoms with E-state index in [1.54, 1.807) is 7.11 Å². The first-order valence-corrected chi connectivity index (χ1v) is 16.5. The average Bonchev–Trinajstić information content (AvgIpc) is 3.75. The van der Waals surface area contributed by atoms with Gasteiger partial charge < -0.3 is 25.3 Å². The van der Waals surface area contributed by atoms with E-state index in [0.717, 1.165) is 66.0 Å². The van der Waals surface area contributed by atoms with Crippen LogP contribution in [0, 0.1) is 24.2 Å². The number of ether oxygens (including phenoxy) is 1. The van der Waals surface area contributed by atoms with Gasteiger partial charge in [-0.15, -0.1) is 0 Å². The number of hydrogen-bond acceptors (Lipinski definition) is 6. The molecule has 2 bridgehead atoms. The van der Waals surface area contributed by atoms with Crippen molar-refractivity contribution >= 4 is 28.5 Å². The molecule has 4 aliphatic rings. The van der Waals surface area contributed by atoms with Crippen LogP contribution in [0.1, 0.15) is 87.1 Å². The largest absolute Gasteiger partial charge is 0.482 e. The minimum atomic E-state index is -0.191. The maximum absolute atomic E-state index is 13.8. The van der Waals surface area contributed by atoms with E-state index in [0.29, 0.717) is 23.0 Å². The molecule has 4 aromatic heterocycles. The summed E-state index contributed by atoms with van der Waals surface area (Å²) in [6.07, 6.45) is 6.18. The maximum Gasteiger partial charge on any atom is 0.254 e. The fourth-order valence-electron chi connectivity index (χ4n) is 7.92. The van der Waals surface area contributed by atoms with Gasteiger partial charge >= 0.3 is 0 Å². The van der Waals surface area contributed by atoms with Gasteiger partial charge in [-0.3, -0.25) is 14.0 Å². The number of nitrogens with zero attached hydrogens (tertiary/aromatic N) is 5. The van der Waals surface area contributed by atoms with Crippen molar-refractivity contribution in [3.05, 3.63) is 47.3 Å². The Hall–Kier alpha value is -3.92. The Bertz CT molecular complexity index is 1870. The Balaban J connectivity index is 1.17. The van der Waals surface area contributed by atoms with Gasteiger partial charge in [-0.2, -0.15) is 0 Å². The van der Waals surface area contributed by atoms with Gasteiger partial charge in [0.05, 0.1) is 30.2 Å². The lowest BCUT2D eigenvalue weighted by Gasteiger charge is -2.23. The zero-order chi connectivity index (χ0) is 31.4. The molecule has 2 amide bonds. The predicted molar refractivity (Wildman–Crippen MR) is 172 cm³/mol. The van der Waals surface area contributed by atoms with Gasteiger partial charge in [-0.25, -0.2) is 9.97 Å². The van der Waals surface area contributed by atoms with Gasteiger partial charge in [0.1, 0.15) is 17.0 Å². The lowest BCUT2D eigenvalue weighted by Crippen LogP contribution is -2.40. The molecule has 2 saturated carbocycles. The average molecular weight is 610 g/mol. The van der Waals surface area contributed by atoms with E-state index >= 15 is 0 Å². The molecule has 4 aromatic rings. The summed E-state index contributed by atoms with van der Waals surface area (Å²) in [5, 5.41) is 4.24. The van der Waals surface area contributed by atoms with Crippen molar-refractivity contribution in [3.8, 4) is 17.3 Å². The van der Waals surface area contributed by atoms with E-state index in [1.807, 2.05) is 41.3 Å². The second kappa shape index (κ2) is 10.0. The molecule has 5 atom stereocenters. The number of amides is 2. The molecule has 2 aliphatic heterocycles. The Kier molecular flexibility index (Phi) is 6.37. The fraction of sp³-hybridized carbons (Fsp3) is 0.543. The van der Waals surface area contributed by atoms with Gasteiger partial charge in [-0.1, -0.05) is 13.8 Å². The second-order valence-corrected chi connectivity index (χ2v) is 14.6. The second-order valence-electron chi connectivity index (χ2n) is 14.6. The third-order valence-electron chi connectivity index (χ3n) is 11.0. The number of rotatable bonds is 8. The number of fused-ring (bicyclic) bond motifs is 4. The highest BCUT2D eigenvalue weighted by molar-refractivity contribution is 5.97. The summed E-state index contributed by atoms with van der Waals surface area (Å²) >= 11 is 0. The van der Waals surface area contributed by atoms with Gasteiger partial charge in [0.25, 0.3) is 5.91 Å². The summed E-state index contributed by atoms with van der Waals surface area (Å²) in [6, 6.07) is 10.2. The Morgan fingerprint density at radius 1 is 1.13 bits per heavy atom. The number of hydrogen-bond donors (Lipinski definition) is 2. The van der Waals surface area contributed by atoms with Gasteiger partial charge in [0.15, 0.2) is 5.88 Å². The van der Waals surface area contributed by atoms with E-state index in [4.69, 9.17) is 20.4 Å². The van der Waals surface area contributed by atoms with Gasteiger partial charge in [0, 0.05) is 47.6 Å². The Labute approximate surface area is 263 Å². The van der Waals surface area contributed by atoms with Crippen LogP contribution in [0.25, 0.3) is 28.1 Å². The normalized spacial score (nSPS) is 25.7. The highest BCUT2D eigenvalue weighted by Gasteiger charge is 2.51. The van der Waals surface area contributed by atoms with Crippen molar-refractivity contribution in [2.45, 2.75) is 96.9 Å². The van der Waals surface area contributed by atoms with Crippen molar-refractivity contribution in [2.24, 2.45) is 23.0 Å². The van der Waals surface area contributed by atoms with Crippen LogP contribution in [0.2, 0.25) is 0 Å². The Morgan fingerprint density at radius 2 is 1.91 bits per heavy atom. The first kappa shape index (κ1) is 28.5. The summed E-state index contributed by atoms with van der Waals surface area (Å²) in [4.78, 5) is 38.9. The first-order chi connectivity index (χ1) is 21.5. The van der Waals surface area contributed by atoms with Crippen LogP contribution in [-0.2, 0) is 11.3 Å². The number of aromatic nitrogens is 4. The fourth-order valence-corrected chi connectivity index (χ4v) is 7.92. The zero-order valence-corrected chi connectivity index (χ0v) is 26.8. The van der Waals surface area contributed by atoms with E-state index in [-0.39, 0.29) is 47.3 Å². The molecule has 10 heteroatoms. The number of nitrogens with two attached hydrogens (primary N) is 1. The van der Waals surface area contributed by atoms with Crippen molar-refractivity contribution in [1.82, 2.24) is 29.2 Å². The molecule has 1 unspecified atom stereocenters. The zero-order valence-electron chi connectivity index (χ0n) is 26.8. The topological polar surface area (TPSA) is 120 Å². The third-order valence-corrected chi connectivity index (χ3v) is 11.0. The highest BCUT2D eigenvalue weighted by Crippen LogP contribution is 2.51. The number of pyridine rings is 2. The minimum absolute atomic E-state index is 0.00416. The smallest absolute Gasteiger partial charge is 0.254 e. The third kappa shape index (κ3) is 4.63. The molecule has 45 heavy (non-hydrogen) atoms. The molecule has 0 spiro atoms. The van der Waals surface area contributed by atoms with Crippen molar-refractivity contribution in [2.75, 3.05) is 7.11 Å². The lowest BCUT2D eigenvalue weighted by atomic mass is 9.97. The molecule has 2 saturated heterocycles. The minimum Gasteiger partial charge on any atom is -0.482 e.